The minimum absolute atomic E-state index is 0.0825. The molecule has 0 unspecified atom stereocenters. The van der Waals surface area contributed by atoms with Gasteiger partial charge >= 0.3 is 6.18 Å². The molecular formula is C16H9Cl3F5N5O. The van der Waals surface area contributed by atoms with Gasteiger partial charge in [-0.1, -0.05) is 34.8 Å². The van der Waals surface area contributed by atoms with Crippen LogP contribution in [-0.4, -0.2) is 25.5 Å². The van der Waals surface area contributed by atoms with Gasteiger partial charge in [0, 0.05) is 18.3 Å². The van der Waals surface area contributed by atoms with Crippen LogP contribution in [0.2, 0.25) is 15.1 Å². The smallest absolute Gasteiger partial charge is 0.319 e. The Morgan fingerprint density at radius 3 is 2.30 bits per heavy atom. The van der Waals surface area contributed by atoms with Gasteiger partial charge in [-0.25, -0.2) is 13.5 Å². The predicted octanol–water partition coefficient (Wildman–Crippen LogP) is 5.77. The van der Waals surface area contributed by atoms with Gasteiger partial charge in [0.05, 0.1) is 27.5 Å². The number of carbonyl (C=O) groups is 1. The Balaban J connectivity index is 2.09. The van der Waals surface area contributed by atoms with Crippen LogP contribution in [0.25, 0.3) is 5.69 Å². The Morgan fingerprint density at radius 2 is 1.77 bits per heavy atom. The lowest BCUT2D eigenvalue weighted by Gasteiger charge is -2.15. The summed E-state index contributed by atoms with van der Waals surface area (Å²) in [4.78, 5) is 12.4. The van der Waals surface area contributed by atoms with Crippen molar-refractivity contribution in [1.29, 1.82) is 0 Å². The third kappa shape index (κ3) is 4.23. The molecule has 0 spiro atoms. The number of hydrogen-bond acceptors (Lipinski definition) is 3. The van der Waals surface area contributed by atoms with Gasteiger partial charge in [-0.2, -0.15) is 23.4 Å². The number of anilines is 1. The van der Waals surface area contributed by atoms with Crippen molar-refractivity contribution < 1.29 is 26.7 Å². The Morgan fingerprint density at radius 1 is 1.17 bits per heavy atom. The molecule has 2 aromatic heterocycles. The number of aromatic nitrogens is 4. The van der Waals surface area contributed by atoms with E-state index in [4.69, 9.17) is 34.8 Å². The number of nitrogens with zero attached hydrogens (tertiary/aromatic N) is 4. The molecule has 0 bridgehead atoms. The molecule has 6 nitrogen and oxygen atoms in total. The van der Waals surface area contributed by atoms with E-state index in [1.54, 1.807) is 0 Å². The van der Waals surface area contributed by atoms with Gasteiger partial charge in [-0.3, -0.25) is 9.48 Å². The first kappa shape index (κ1) is 22.3. The summed E-state index contributed by atoms with van der Waals surface area (Å²) in [6, 6.07) is 2.32. The largest absolute Gasteiger partial charge is 0.435 e. The van der Waals surface area contributed by atoms with E-state index in [1.165, 1.54) is 7.05 Å². The van der Waals surface area contributed by atoms with E-state index in [0.29, 0.717) is 10.9 Å². The van der Waals surface area contributed by atoms with Crippen LogP contribution in [0, 0.1) is 0 Å². The van der Waals surface area contributed by atoms with Crippen molar-refractivity contribution in [2.24, 2.45) is 7.05 Å². The fourth-order valence-corrected chi connectivity index (χ4v) is 3.63. The lowest BCUT2D eigenvalue weighted by molar-refractivity contribution is -0.142. The fraction of sp³-hybridized carbons (Fsp3) is 0.188. The van der Waals surface area contributed by atoms with E-state index in [1.807, 2.05) is 5.32 Å². The van der Waals surface area contributed by atoms with Crippen LogP contribution in [-0.2, 0) is 13.2 Å². The molecule has 3 rings (SSSR count). The maximum Gasteiger partial charge on any atom is 0.435 e. The second-order valence-corrected chi connectivity index (χ2v) is 7.14. The molecule has 3 aromatic rings. The monoisotopic (exact) mass is 487 g/mol. The highest BCUT2D eigenvalue weighted by Crippen LogP contribution is 2.40. The molecule has 1 amide bonds. The summed E-state index contributed by atoms with van der Waals surface area (Å²) >= 11 is 17.7. The highest BCUT2D eigenvalue weighted by atomic mass is 35.5. The number of nitrogens with one attached hydrogen (secondary N) is 1. The van der Waals surface area contributed by atoms with Gasteiger partial charge in [0.25, 0.3) is 12.3 Å². The molecule has 0 aliphatic heterocycles. The normalized spacial score (nSPS) is 11.9. The first-order chi connectivity index (χ1) is 13.9. The molecule has 0 fully saturated rings. The molecular weight excluding hydrogens is 480 g/mol. The minimum Gasteiger partial charge on any atom is -0.319 e. The van der Waals surface area contributed by atoms with Gasteiger partial charge in [0.2, 0.25) is 0 Å². The summed E-state index contributed by atoms with van der Waals surface area (Å²) < 4.78 is 68.8. The van der Waals surface area contributed by atoms with Crippen LogP contribution in [0.3, 0.4) is 0 Å². The van der Waals surface area contributed by atoms with Crippen molar-refractivity contribution in [1.82, 2.24) is 19.6 Å². The predicted molar refractivity (Wildman–Crippen MR) is 99.7 cm³/mol. The summed E-state index contributed by atoms with van der Waals surface area (Å²) in [5.41, 5.74) is -4.01. The van der Waals surface area contributed by atoms with Crippen molar-refractivity contribution in [3.63, 3.8) is 0 Å². The summed E-state index contributed by atoms with van der Waals surface area (Å²) in [5, 5.41) is 8.62. The zero-order valence-corrected chi connectivity index (χ0v) is 16.9. The van der Waals surface area contributed by atoms with Crippen LogP contribution in [0.15, 0.2) is 24.5 Å². The maximum absolute atomic E-state index is 13.8. The van der Waals surface area contributed by atoms with Crippen LogP contribution in [0.1, 0.15) is 28.2 Å². The molecule has 0 atom stereocenters. The van der Waals surface area contributed by atoms with E-state index < -0.39 is 41.1 Å². The van der Waals surface area contributed by atoms with Crippen molar-refractivity contribution >= 4 is 46.4 Å². The molecule has 0 saturated heterocycles. The van der Waals surface area contributed by atoms with Crippen LogP contribution < -0.4 is 5.32 Å². The summed E-state index contributed by atoms with van der Waals surface area (Å²) in [6.07, 6.45) is -6.48. The van der Waals surface area contributed by atoms with Crippen LogP contribution >= 0.6 is 34.8 Å². The molecule has 1 N–H and O–H groups in total. The van der Waals surface area contributed by atoms with Gasteiger partial charge < -0.3 is 5.32 Å². The molecule has 160 valence electrons. The van der Waals surface area contributed by atoms with Crippen molar-refractivity contribution in [2.75, 3.05) is 5.32 Å². The molecule has 30 heavy (non-hydrogen) atoms. The van der Waals surface area contributed by atoms with Gasteiger partial charge in [0.15, 0.2) is 5.69 Å². The van der Waals surface area contributed by atoms with Crippen LogP contribution in [0.5, 0.6) is 0 Å². The molecule has 0 radical (unpaired) electrons. The van der Waals surface area contributed by atoms with Crippen LogP contribution in [0.4, 0.5) is 27.6 Å². The lowest BCUT2D eigenvalue weighted by atomic mass is 10.2. The zero-order valence-electron chi connectivity index (χ0n) is 14.6. The SMILES string of the molecule is Cn1cc(C(=O)Nc2cnn(-c3c(Cl)cc(Cl)cc3Cl)c2C(F)(F)F)c(C(F)F)n1. The van der Waals surface area contributed by atoms with E-state index in [2.05, 4.69) is 10.2 Å². The average Bonchev–Trinajstić information content (AvgIpc) is 3.17. The summed E-state index contributed by atoms with van der Waals surface area (Å²) in [7, 11) is 1.28. The zero-order chi connectivity index (χ0) is 22.4. The van der Waals surface area contributed by atoms with E-state index in [0.717, 1.165) is 23.0 Å². The number of alkyl halides is 5. The molecule has 0 aliphatic carbocycles. The Bertz CT molecular complexity index is 1100. The molecule has 1 aromatic carbocycles. The Kier molecular flexibility index (Phi) is 5.99. The van der Waals surface area contributed by atoms with Crippen molar-refractivity contribution in [3.8, 4) is 5.69 Å². The number of aryl methyl sites for hydroxylation is 1. The number of hydrogen-bond donors (Lipinski definition) is 1. The average molecular weight is 489 g/mol. The van der Waals surface area contributed by atoms with E-state index in [9.17, 15) is 26.7 Å². The standard InChI is InChI=1S/C16H9Cl3F5N5O/c1-28-5-7(11(27-28)14(20)21)15(30)26-10-4-25-29(13(10)16(22,23)24)12-8(18)2-6(17)3-9(12)19/h2-5,14H,1H3,(H,26,30). The molecule has 0 aliphatic rings. The van der Waals surface area contributed by atoms with Crippen molar-refractivity contribution in [2.45, 2.75) is 12.6 Å². The highest BCUT2D eigenvalue weighted by molar-refractivity contribution is 6.40. The summed E-state index contributed by atoms with van der Waals surface area (Å²) in [6.45, 7) is 0. The number of amides is 1. The van der Waals surface area contributed by atoms with E-state index in [-0.39, 0.29) is 20.8 Å². The number of benzene rings is 1. The lowest BCUT2D eigenvalue weighted by Crippen LogP contribution is -2.19. The first-order valence-electron chi connectivity index (χ1n) is 7.83. The topological polar surface area (TPSA) is 64.7 Å². The Hall–Kier alpha value is -2.37. The first-order valence-corrected chi connectivity index (χ1v) is 8.96. The maximum atomic E-state index is 13.8. The minimum atomic E-state index is -5.02. The second kappa shape index (κ2) is 8.05. The van der Waals surface area contributed by atoms with Gasteiger partial charge in [0.1, 0.15) is 11.4 Å². The third-order valence-electron chi connectivity index (χ3n) is 3.79. The van der Waals surface area contributed by atoms with E-state index >= 15 is 0 Å². The third-order valence-corrected chi connectivity index (χ3v) is 4.58. The second-order valence-electron chi connectivity index (χ2n) is 5.89. The summed E-state index contributed by atoms with van der Waals surface area (Å²) in [5.74, 6) is -1.23. The van der Waals surface area contributed by atoms with Gasteiger partial charge in [-0.15, -0.1) is 0 Å². The van der Waals surface area contributed by atoms with Crippen molar-refractivity contribution in [3.05, 3.63) is 56.5 Å². The van der Waals surface area contributed by atoms with Gasteiger partial charge in [-0.05, 0) is 12.1 Å². The molecule has 14 heteroatoms. The Labute approximate surface area is 180 Å². The molecule has 2 heterocycles. The quantitative estimate of drug-likeness (QED) is 0.474. The number of rotatable bonds is 4. The number of carbonyl (C=O) groups excluding carboxylic acids is 1. The fourth-order valence-electron chi connectivity index (χ4n) is 2.65. The number of halogens is 8. The molecule has 0 saturated carbocycles. The highest BCUT2D eigenvalue weighted by Gasteiger charge is 2.40.